The van der Waals surface area contributed by atoms with E-state index >= 15 is 0 Å². The molecule has 19 heavy (non-hydrogen) atoms. The molecule has 1 rings (SSSR count). The van der Waals surface area contributed by atoms with Gasteiger partial charge in [-0.05, 0) is 49.6 Å². The van der Waals surface area contributed by atoms with Gasteiger partial charge in [0.05, 0.1) is 22.2 Å². The summed E-state index contributed by atoms with van der Waals surface area (Å²) in [6.45, 7) is 3.43. The molecule has 0 unspecified atom stereocenters. The van der Waals surface area contributed by atoms with Gasteiger partial charge in [-0.2, -0.15) is 0 Å². The summed E-state index contributed by atoms with van der Waals surface area (Å²) in [6, 6.07) is 4.10. The maximum atomic E-state index is 5.65. The fourth-order valence-corrected chi connectivity index (χ4v) is 3.00. The number of hydrogen-bond acceptors (Lipinski definition) is 4. The quantitative estimate of drug-likeness (QED) is 0.651. The van der Waals surface area contributed by atoms with Crippen LogP contribution in [0, 0.1) is 0 Å². The van der Waals surface area contributed by atoms with Crippen LogP contribution in [0.15, 0.2) is 21.1 Å². The minimum atomic E-state index is 0.527. The van der Waals surface area contributed by atoms with E-state index in [1.807, 2.05) is 12.1 Å². The highest BCUT2D eigenvalue weighted by Crippen LogP contribution is 2.34. The Morgan fingerprint density at radius 1 is 1.00 bits per heavy atom. The van der Waals surface area contributed by atoms with Gasteiger partial charge in [0.15, 0.2) is 0 Å². The molecule has 0 radical (unpaired) electrons. The number of rotatable bonds is 9. The van der Waals surface area contributed by atoms with E-state index in [1.54, 1.807) is 14.2 Å². The molecule has 0 amide bonds. The van der Waals surface area contributed by atoms with E-state index in [2.05, 4.69) is 37.2 Å². The van der Waals surface area contributed by atoms with Crippen molar-refractivity contribution < 1.29 is 14.2 Å². The molecule has 0 heterocycles. The van der Waals surface area contributed by atoms with Crippen LogP contribution in [0.4, 0.5) is 0 Å². The number of ether oxygens (including phenoxy) is 3. The third-order valence-electron chi connectivity index (χ3n) is 2.40. The van der Waals surface area contributed by atoms with Crippen LogP contribution < -0.4 is 10.1 Å². The summed E-state index contributed by atoms with van der Waals surface area (Å²) >= 11 is 7.05. The molecule has 0 saturated heterocycles. The number of hydrogen-bond donors (Lipinski definition) is 1. The average molecular weight is 397 g/mol. The van der Waals surface area contributed by atoms with Crippen molar-refractivity contribution in [1.82, 2.24) is 5.32 Å². The molecule has 0 atom stereocenters. The lowest BCUT2D eigenvalue weighted by Gasteiger charge is -2.12. The lowest BCUT2D eigenvalue weighted by molar-refractivity contribution is 0.145. The topological polar surface area (TPSA) is 39.7 Å². The Morgan fingerprint density at radius 3 is 2.21 bits per heavy atom. The first-order chi connectivity index (χ1) is 9.19. The van der Waals surface area contributed by atoms with Crippen LogP contribution >= 0.6 is 31.9 Å². The second kappa shape index (κ2) is 9.72. The van der Waals surface area contributed by atoms with Gasteiger partial charge in [0.2, 0.25) is 0 Å². The zero-order valence-corrected chi connectivity index (χ0v) is 14.3. The highest BCUT2D eigenvalue weighted by atomic mass is 79.9. The minimum absolute atomic E-state index is 0.527. The molecule has 6 heteroatoms. The Hall–Kier alpha value is -0.140. The molecule has 0 aromatic heterocycles. The molecule has 0 fully saturated rings. The monoisotopic (exact) mass is 395 g/mol. The number of methoxy groups -OCH3 is 2. The van der Waals surface area contributed by atoms with Crippen LogP contribution in [-0.2, 0) is 16.0 Å². The smallest absolute Gasteiger partial charge is 0.147 e. The fourth-order valence-electron chi connectivity index (χ4n) is 1.49. The van der Waals surface area contributed by atoms with Gasteiger partial charge in [-0.3, -0.25) is 0 Å². The summed E-state index contributed by atoms with van der Waals surface area (Å²) in [5.74, 6) is 0.803. The Balaban J connectivity index is 2.57. The van der Waals surface area contributed by atoms with Crippen molar-refractivity contribution in [2.45, 2.75) is 6.54 Å². The zero-order valence-electron chi connectivity index (χ0n) is 11.2. The third-order valence-corrected chi connectivity index (χ3v) is 3.58. The summed E-state index contributed by atoms with van der Waals surface area (Å²) in [5.41, 5.74) is 1.17. The molecular weight excluding hydrogens is 378 g/mol. The number of halogens is 2. The summed E-state index contributed by atoms with van der Waals surface area (Å²) in [6.07, 6.45) is 0. The van der Waals surface area contributed by atoms with E-state index in [1.165, 1.54) is 5.56 Å². The van der Waals surface area contributed by atoms with E-state index in [0.717, 1.165) is 27.8 Å². The Bertz CT molecular complexity index is 365. The first-order valence-electron chi connectivity index (χ1n) is 5.98. The van der Waals surface area contributed by atoms with Gasteiger partial charge >= 0.3 is 0 Å². The molecule has 0 bridgehead atoms. The molecule has 1 aromatic carbocycles. The van der Waals surface area contributed by atoms with Crippen molar-refractivity contribution in [3.63, 3.8) is 0 Å². The minimum Gasteiger partial charge on any atom is -0.489 e. The molecule has 0 spiro atoms. The number of nitrogens with one attached hydrogen (secondary N) is 1. The van der Waals surface area contributed by atoms with Gasteiger partial charge in [0, 0.05) is 27.3 Å². The van der Waals surface area contributed by atoms with Crippen molar-refractivity contribution in [3.05, 3.63) is 26.6 Å². The second-order valence-electron chi connectivity index (χ2n) is 3.90. The highest BCUT2D eigenvalue weighted by Gasteiger charge is 2.08. The predicted molar refractivity (Wildman–Crippen MR) is 82.8 cm³/mol. The normalized spacial score (nSPS) is 10.7. The van der Waals surface area contributed by atoms with E-state index in [0.29, 0.717) is 19.8 Å². The van der Waals surface area contributed by atoms with Crippen LogP contribution in [0.25, 0.3) is 0 Å². The van der Waals surface area contributed by atoms with E-state index < -0.39 is 0 Å². The Labute approximate surface area is 131 Å². The molecular formula is C13H19Br2NO3. The summed E-state index contributed by atoms with van der Waals surface area (Å²) in [7, 11) is 3.35. The summed E-state index contributed by atoms with van der Waals surface area (Å²) in [5, 5.41) is 3.30. The molecule has 0 aliphatic rings. The highest BCUT2D eigenvalue weighted by molar-refractivity contribution is 9.11. The lowest BCUT2D eigenvalue weighted by atomic mass is 10.2. The molecule has 0 saturated carbocycles. The molecule has 4 nitrogen and oxygen atoms in total. The van der Waals surface area contributed by atoms with Crippen LogP contribution in [0.5, 0.6) is 5.75 Å². The molecule has 108 valence electrons. The van der Waals surface area contributed by atoms with Crippen molar-refractivity contribution in [1.29, 1.82) is 0 Å². The van der Waals surface area contributed by atoms with E-state index in [-0.39, 0.29) is 0 Å². The van der Waals surface area contributed by atoms with E-state index in [4.69, 9.17) is 14.2 Å². The molecule has 1 N–H and O–H groups in total. The zero-order chi connectivity index (χ0) is 14.1. The first kappa shape index (κ1) is 16.9. The molecule has 1 aromatic rings. The molecule has 0 aliphatic heterocycles. The summed E-state index contributed by atoms with van der Waals surface area (Å²) in [4.78, 5) is 0. The Morgan fingerprint density at radius 2 is 1.63 bits per heavy atom. The van der Waals surface area contributed by atoms with Crippen molar-refractivity contribution in [2.24, 2.45) is 0 Å². The van der Waals surface area contributed by atoms with Gasteiger partial charge in [-0.15, -0.1) is 0 Å². The maximum absolute atomic E-state index is 5.65. The van der Waals surface area contributed by atoms with E-state index in [9.17, 15) is 0 Å². The van der Waals surface area contributed by atoms with Crippen molar-refractivity contribution in [3.8, 4) is 5.75 Å². The van der Waals surface area contributed by atoms with Gasteiger partial charge in [0.1, 0.15) is 12.4 Å². The fraction of sp³-hybridized carbons (Fsp3) is 0.538. The lowest BCUT2D eigenvalue weighted by Crippen LogP contribution is -2.18. The van der Waals surface area contributed by atoms with Crippen LogP contribution in [0.1, 0.15) is 5.56 Å². The van der Waals surface area contributed by atoms with Crippen molar-refractivity contribution >= 4 is 31.9 Å². The van der Waals surface area contributed by atoms with Gasteiger partial charge in [-0.25, -0.2) is 0 Å². The standard InChI is InChI=1S/C13H19Br2NO3/c1-17-4-3-16-9-10-7-11(14)13(12(15)8-10)19-6-5-18-2/h7-8,16H,3-6,9H2,1-2H3. The summed E-state index contributed by atoms with van der Waals surface area (Å²) < 4.78 is 17.5. The first-order valence-corrected chi connectivity index (χ1v) is 7.57. The average Bonchev–Trinajstić information content (AvgIpc) is 2.38. The van der Waals surface area contributed by atoms with Crippen LogP contribution in [0.2, 0.25) is 0 Å². The second-order valence-corrected chi connectivity index (χ2v) is 5.61. The van der Waals surface area contributed by atoms with Gasteiger partial charge in [0.25, 0.3) is 0 Å². The number of benzene rings is 1. The van der Waals surface area contributed by atoms with Crippen LogP contribution in [0.3, 0.4) is 0 Å². The SMILES string of the molecule is COCCNCc1cc(Br)c(OCCOC)c(Br)c1. The van der Waals surface area contributed by atoms with Crippen molar-refractivity contribution in [2.75, 3.05) is 40.6 Å². The molecule has 0 aliphatic carbocycles. The third kappa shape index (κ3) is 6.23. The van der Waals surface area contributed by atoms with Crippen LogP contribution in [-0.4, -0.2) is 40.6 Å². The van der Waals surface area contributed by atoms with Gasteiger partial charge in [-0.1, -0.05) is 0 Å². The largest absolute Gasteiger partial charge is 0.489 e. The Kier molecular flexibility index (Phi) is 8.65. The maximum Gasteiger partial charge on any atom is 0.147 e. The predicted octanol–water partition coefficient (Wildman–Crippen LogP) is 2.97. The van der Waals surface area contributed by atoms with Gasteiger partial charge < -0.3 is 19.5 Å².